The Balaban J connectivity index is 1.25. The maximum atomic E-state index is 3.93. The molecule has 0 aliphatic carbocycles. The molecule has 9 rings (SSSR count). The van der Waals surface area contributed by atoms with Gasteiger partial charge in [0.15, 0.2) is 0 Å². The summed E-state index contributed by atoms with van der Waals surface area (Å²) in [4.78, 5) is 0. The van der Waals surface area contributed by atoms with Gasteiger partial charge in [-0.2, -0.15) is 0 Å². The van der Waals surface area contributed by atoms with Crippen molar-refractivity contribution < 1.29 is 0 Å². The summed E-state index contributed by atoms with van der Waals surface area (Å²) < 4.78 is 7.34. The van der Waals surface area contributed by atoms with Gasteiger partial charge in [-0.3, -0.25) is 0 Å². The van der Waals surface area contributed by atoms with Crippen LogP contribution in [0.15, 0.2) is 176 Å². The topological polar surface area (TPSA) is 14.8 Å². The summed E-state index contributed by atoms with van der Waals surface area (Å²) in [6.45, 7) is 26.9. The lowest BCUT2D eigenvalue weighted by molar-refractivity contribution is 0.554. The van der Waals surface area contributed by atoms with Crippen molar-refractivity contribution in [3.05, 3.63) is 205 Å². The molecule has 3 heteroatoms. The van der Waals surface area contributed by atoms with E-state index in [2.05, 4.69) is 253 Å². The van der Waals surface area contributed by atoms with Crippen LogP contribution in [0.4, 0.5) is 0 Å². The molecule has 0 N–H and O–H groups in total. The Morgan fingerprint density at radius 1 is 0.391 bits per heavy atom. The Morgan fingerprint density at radius 3 is 1.16 bits per heavy atom. The molecule has 3 aromatic heterocycles. The fourth-order valence-corrected chi connectivity index (χ4v) is 9.42. The zero-order chi connectivity index (χ0) is 45.1. The van der Waals surface area contributed by atoms with Gasteiger partial charge in [-0.15, -0.1) is 0 Å². The third-order valence-electron chi connectivity index (χ3n) is 12.7. The van der Waals surface area contributed by atoms with E-state index in [1.807, 2.05) is 12.2 Å². The van der Waals surface area contributed by atoms with Crippen LogP contribution < -0.4 is 0 Å². The molecule has 0 bridgehead atoms. The highest BCUT2D eigenvalue weighted by atomic mass is 15.0. The molecule has 64 heavy (non-hydrogen) atoms. The molecular weight excluding hydrogens is 775 g/mol. The first-order valence-electron chi connectivity index (χ1n) is 22.7. The first-order valence-corrected chi connectivity index (χ1v) is 22.7. The Bertz CT molecular complexity index is 3090. The second-order valence-corrected chi connectivity index (χ2v) is 20.5. The molecule has 9 aromatic rings. The van der Waals surface area contributed by atoms with Crippen molar-refractivity contribution >= 4 is 27.9 Å². The average molecular weight is 836 g/mol. The number of fused-ring (bicyclic) bond motifs is 2. The summed E-state index contributed by atoms with van der Waals surface area (Å²) in [6, 6.07) is 59.0. The molecule has 0 radical (unpaired) electrons. The molecule has 0 saturated carbocycles. The molecule has 0 aliphatic rings. The minimum atomic E-state index is -0.0695. The first kappa shape index (κ1) is 42.5. The average Bonchev–Trinajstić information content (AvgIpc) is 3.98. The van der Waals surface area contributed by atoms with E-state index in [1.54, 1.807) is 0 Å². The molecule has 320 valence electrons. The third kappa shape index (κ3) is 7.89. The molecule has 0 atom stereocenters. The molecule has 0 aliphatic heterocycles. The van der Waals surface area contributed by atoms with Crippen LogP contribution in [0.25, 0.3) is 78.3 Å². The largest absolute Gasteiger partial charge is 0.317 e. The van der Waals surface area contributed by atoms with E-state index >= 15 is 0 Å². The van der Waals surface area contributed by atoms with Crippen LogP contribution in [-0.4, -0.2) is 13.7 Å². The Morgan fingerprint density at radius 2 is 0.766 bits per heavy atom. The van der Waals surface area contributed by atoms with Gasteiger partial charge < -0.3 is 13.7 Å². The Labute approximate surface area is 380 Å². The van der Waals surface area contributed by atoms with Gasteiger partial charge in [0.05, 0.1) is 11.0 Å². The van der Waals surface area contributed by atoms with Crippen molar-refractivity contribution in [2.75, 3.05) is 0 Å². The van der Waals surface area contributed by atoms with Gasteiger partial charge in [0.2, 0.25) is 0 Å². The van der Waals surface area contributed by atoms with E-state index in [9.17, 15) is 0 Å². The highest BCUT2D eigenvalue weighted by Crippen LogP contribution is 2.40. The fraction of sp³-hybridized carbons (Fsp3) is 0.213. The van der Waals surface area contributed by atoms with Gasteiger partial charge in [-0.25, -0.2) is 0 Å². The molecule has 0 amide bonds. The molecule has 0 saturated heterocycles. The lowest BCUT2D eigenvalue weighted by Crippen LogP contribution is -2.17. The summed E-state index contributed by atoms with van der Waals surface area (Å²) in [5.41, 5.74) is 19.0. The van der Waals surface area contributed by atoms with Gasteiger partial charge in [0, 0.05) is 66.9 Å². The predicted molar refractivity (Wildman–Crippen MR) is 276 cm³/mol. The zero-order valence-electron chi connectivity index (χ0n) is 39.3. The van der Waals surface area contributed by atoms with Crippen LogP contribution >= 0.6 is 0 Å². The molecule has 0 spiro atoms. The maximum absolute atomic E-state index is 3.93. The number of rotatable bonds is 8. The van der Waals surface area contributed by atoms with Crippen molar-refractivity contribution in [3.63, 3.8) is 0 Å². The molecule has 0 unspecified atom stereocenters. The minimum Gasteiger partial charge on any atom is -0.317 e. The van der Waals surface area contributed by atoms with Gasteiger partial charge in [0.25, 0.3) is 0 Å². The van der Waals surface area contributed by atoms with Gasteiger partial charge in [-0.05, 0) is 131 Å². The monoisotopic (exact) mass is 835 g/mol. The van der Waals surface area contributed by atoms with Gasteiger partial charge in [-0.1, -0.05) is 160 Å². The van der Waals surface area contributed by atoms with E-state index in [0.717, 1.165) is 17.1 Å². The van der Waals surface area contributed by atoms with Crippen molar-refractivity contribution in [2.24, 2.45) is 0 Å². The van der Waals surface area contributed by atoms with Crippen LogP contribution in [0, 0.1) is 6.92 Å². The quantitative estimate of drug-likeness (QED) is 0.135. The van der Waals surface area contributed by atoms with E-state index < -0.39 is 0 Å². The number of benzene rings is 6. The van der Waals surface area contributed by atoms with Crippen molar-refractivity contribution in [1.29, 1.82) is 0 Å². The summed E-state index contributed by atoms with van der Waals surface area (Å²) in [6.07, 6.45) is 6.04. The van der Waals surface area contributed by atoms with Gasteiger partial charge in [0.1, 0.15) is 0 Å². The molecular formula is C61H61N3. The summed E-state index contributed by atoms with van der Waals surface area (Å²) in [7, 11) is 0. The molecule has 3 heterocycles. The highest BCUT2D eigenvalue weighted by molar-refractivity contribution is 5.87. The van der Waals surface area contributed by atoms with E-state index in [1.165, 1.54) is 83.5 Å². The normalized spacial score (nSPS) is 12.5. The Kier molecular flexibility index (Phi) is 10.7. The lowest BCUT2D eigenvalue weighted by atomic mass is 9.91. The van der Waals surface area contributed by atoms with Crippen LogP contribution in [-0.2, 0) is 16.2 Å². The van der Waals surface area contributed by atoms with Crippen LogP contribution in [0.2, 0.25) is 0 Å². The number of hydrogen-bond donors (Lipinski definition) is 0. The lowest BCUT2D eigenvalue weighted by Gasteiger charge is -2.23. The smallest absolute Gasteiger partial charge is 0.0531 e. The zero-order valence-corrected chi connectivity index (χ0v) is 39.3. The minimum absolute atomic E-state index is 0.0519. The SMILES string of the molecule is C=C/C=C\c1cc(C(C)(C)C)n(-c2cccc(-c3cc(-c4cccc(-n5c(C(C)(C)C)cc6ccccc65)c4)cc(-c4cccc(-n5c(C(C)(C)C)cc6ccccc65)c4)c3)c2)c1C. The van der Waals surface area contributed by atoms with E-state index in [0.29, 0.717) is 0 Å². The second-order valence-electron chi connectivity index (χ2n) is 20.5. The fourth-order valence-electron chi connectivity index (χ4n) is 9.42. The maximum Gasteiger partial charge on any atom is 0.0531 e. The summed E-state index contributed by atoms with van der Waals surface area (Å²) in [5.74, 6) is 0. The van der Waals surface area contributed by atoms with E-state index in [4.69, 9.17) is 0 Å². The highest BCUT2D eigenvalue weighted by Gasteiger charge is 2.25. The van der Waals surface area contributed by atoms with Crippen molar-refractivity contribution in [1.82, 2.24) is 13.7 Å². The summed E-state index contributed by atoms with van der Waals surface area (Å²) >= 11 is 0. The number of para-hydroxylation sites is 2. The summed E-state index contributed by atoms with van der Waals surface area (Å²) in [5, 5.41) is 2.51. The molecule has 0 fully saturated rings. The number of allylic oxidation sites excluding steroid dienone is 2. The predicted octanol–water partition coefficient (Wildman–Crippen LogP) is 16.8. The van der Waals surface area contributed by atoms with Gasteiger partial charge >= 0.3 is 0 Å². The number of aromatic nitrogens is 3. The third-order valence-corrected chi connectivity index (χ3v) is 12.7. The molecule has 6 aromatic carbocycles. The van der Waals surface area contributed by atoms with Crippen LogP contribution in [0.3, 0.4) is 0 Å². The first-order chi connectivity index (χ1) is 30.5. The standard InChI is InChI=1S/C61H61N3/c1-12-13-21-42-38-56(59(3,4)5)62(41(42)2)51-27-18-24-43(35-51)48-32-49(44-25-19-28-52(36-44)63-54-30-16-14-22-46(54)39-57(63)60(6,7)8)34-50(33-48)45-26-20-29-53(37-45)64-55-31-17-15-23-47(55)40-58(64)61(9,10)11/h12-40H,1H2,2-11H3/b21-13-. The Hall–Kier alpha value is -6.84. The van der Waals surface area contributed by atoms with Crippen LogP contribution in [0.1, 0.15) is 90.7 Å². The van der Waals surface area contributed by atoms with Crippen molar-refractivity contribution in [3.8, 4) is 50.4 Å². The van der Waals surface area contributed by atoms with E-state index in [-0.39, 0.29) is 16.2 Å². The molecule has 3 nitrogen and oxygen atoms in total. The second kappa shape index (κ2) is 16.1. The number of nitrogens with zero attached hydrogens (tertiary/aromatic N) is 3. The number of hydrogen-bond acceptors (Lipinski definition) is 0. The van der Waals surface area contributed by atoms with Crippen molar-refractivity contribution in [2.45, 2.75) is 85.5 Å². The van der Waals surface area contributed by atoms with Crippen LogP contribution in [0.5, 0.6) is 0 Å².